The summed E-state index contributed by atoms with van der Waals surface area (Å²) >= 11 is 3.34. The predicted octanol–water partition coefficient (Wildman–Crippen LogP) is 4.02. The van der Waals surface area contributed by atoms with Gasteiger partial charge in [0.25, 0.3) is 0 Å². The van der Waals surface area contributed by atoms with Crippen LogP contribution in [0, 0.1) is 0 Å². The summed E-state index contributed by atoms with van der Waals surface area (Å²) in [7, 11) is 0. The van der Waals surface area contributed by atoms with Crippen LogP contribution in [0.15, 0.2) is 59.1 Å². The SMILES string of the molecule is O=C(/C=C/c1ccc(Br)cc1)OCC(=O)c1ccc(N2CCCC2=O)cc1. The number of benzene rings is 2. The highest BCUT2D eigenvalue weighted by atomic mass is 79.9. The maximum Gasteiger partial charge on any atom is 0.331 e. The largest absolute Gasteiger partial charge is 0.454 e. The molecule has 3 rings (SSSR count). The Kier molecular flexibility index (Phi) is 6.19. The van der Waals surface area contributed by atoms with Crippen molar-refractivity contribution >= 4 is 45.4 Å². The molecule has 0 radical (unpaired) electrons. The zero-order valence-electron chi connectivity index (χ0n) is 14.6. The number of ketones is 1. The van der Waals surface area contributed by atoms with Crippen molar-refractivity contribution in [1.29, 1.82) is 0 Å². The highest BCUT2D eigenvalue weighted by Gasteiger charge is 2.21. The van der Waals surface area contributed by atoms with Crippen LogP contribution in [-0.4, -0.2) is 30.8 Å². The van der Waals surface area contributed by atoms with E-state index in [1.165, 1.54) is 6.08 Å². The van der Waals surface area contributed by atoms with Crippen LogP contribution in [-0.2, 0) is 14.3 Å². The minimum Gasteiger partial charge on any atom is -0.454 e. The highest BCUT2D eigenvalue weighted by molar-refractivity contribution is 9.10. The summed E-state index contributed by atoms with van der Waals surface area (Å²) in [6.45, 7) is 0.375. The maximum absolute atomic E-state index is 12.2. The molecule has 27 heavy (non-hydrogen) atoms. The molecule has 1 amide bonds. The first-order valence-electron chi connectivity index (χ1n) is 8.57. The van der Waals surface area contributed by atoms with Crippen LogP contribution in [0.2, 0.25) is 0 Å². The van der Waals surface area contributed by atoms with Crippen LogP contribution < -0.4 is 4.90 Å². The number of carbonyl (C=O) groups is 3. The Bertz CT molecular complexity index is 872. The molecule has 0 N–H and O–H groups in total. The number of carbonyl (C=O) groups excluding carboxylic acids is 3. The number of esters is 1. The second-order valence-corrected chi connectivity index (χ2v) is 7.03. The third-order valence-electron chi connectivity index (χ3n) is 4.20. The van der Waals surface area contributed by atoms with Crippen molar-refractivity contribution in [2.45, 2.75) is 12.8 Å². The van der Waals surface area contributed by atoms with Gasteiger partial charge in [-0.2, -0.15) is 0 Å². The molecule has 1 heterocycles. The van der Waals surface area contributed by atoms with E-state index in [1.54, 1.807) is 35.2 Å². The molecule has 0 atom stereocenters. The minimum atomic E-state index is -0.578. The summed E-state index contributed by atoms with van der Waals surface area (Å²) in [4.78, 5) is 37.4. The normalized spacial score (nSPS) is 14.0. The van der Waals surface area contributed by atoms with E-state index >= 15 is 0 Å². The van der Waals surface area contributed by atoms with Crippen LogP contribution in [0.25, 0.3) is 6.08 Å². The summed E-state index contributed by atoms with van der Waals surface area (Å²) in [6.07, 6.45) is 4.33. The van der Waals surface area contributed by atoms with Crippen LogP contribution in [0.3, 0.4) is 0 Å². The Morgan fingerprint density at radius 2 is 1.78 bits per heavy atom. The molecule has 0 aromatic heterocycles. The van der Waals surface area contributed by atoms with Gasteiger partial charge in [-0.05, 0) is 54.5 Å². The second-order valence-electron chi connectivity index (χ2n) is 6.11. The van der Waals surface area contributed by atoms with E-state index in [-0.39, 0.29) is 18.3 Å². The Hall–Kier alpha value is -2.73. The lowest BCUT2D eigenvalue weighted by atomic mass is 10.1. The number of anilines is 1. The Balaban J connectivity index is 1.52. The first-order chi connectivity index (χ1) is 13.0. The van der Waals surface area contributed by atoms with Crippen molar-refractivity contribution in [1.82, 2.24) is 0 Å². The molecule has 0 bridgehead atoms. The topological polar surface area (TPSA) is 63.7 Å². The molecule has 6 heteroatoms. The molecule has 1 fully saturated rings. The minimum absolute atomic E-state index is 0.0977. The van der Waals surface area contributed by atoms with E-state index in [9.17, 15) is 14.4 Å². The van der Waals surface area contributed by atoms with E-state index in [2.05, 4.69) is 15.9 Å². The van der Waals surface area contributed by atoms with Gasteiger partial charge in [0.15, 0.2) is 12.4 Å². The zero-order chi connectivity index (χ0) is 19.2. The Labute approximate surface area is 165 Å². The first-order valence-corrected chi connectivity index (χ1v) is 9.36. The molecule has 1 aliphatic rings. The van der Waals surface area contributed by atoms with Gasteiger partial charge in [-0.3, -0.25) is 9.59 Å². The Morgan fingerprint density at radius 3 is 2.41 bits per heavy atom. The average Bonchev–Trinajstić information content (AvgIpc) is 3.11. The second kappa shape index (κ2) is 8.77. The number of rotatable bonds is 6. The fraction of sp³-hybridized carbons (Fsp3) is 0.190. The third kappa shape index (κ3) is 5.14. The average molecular weight is 428 g/mol. The molecule has 1 saturated heterocycles. The van der Waals surface area contributed by atoms with E-state index in [1.807, 2.05) is 24.3 Å². The van der Waals surface area contributed by atoms with Gasteiger partial charge in [-0.1, -0.05) is 28.1 Å². The molecule has 2 aromatic rings. The van der Waals surface area contributed by atoms with Crippen molar-refractivity contribution < 1.29 is 19.1 Å². The number of amides is 1. The number of nitrogens with zero attached hydrogens (tertiary/aromatic N) is 1. The maximum atomic E-state index is 12.2. The van der Waals surface area contributed by atoms with E-state index in [4.69, 9.17) is 4.74 Å². The molecule has 0 spiro atoms. The van der Waals surface area contributed by atoms with Gasteiger partial charge >= 0.3 is 5.97 Å². The lowest BCUT2D eigenvalue weighted by molar-refractivity contribution is -0.136. The van der Waals surface area contributed by atoms with Crippen molar-refractivity contribution in [3.05, 3.63) is 70.2 Å². The zero-order valence-corrected chi connectivity index (χ0v) is 16.1. The summed E-state index contributed by atoms with van der Waals surface area (Å²) in [5.41, 5.74) is 2.08. The summed E-state index contributed by atoms with van der Waals surface area (Å²) < 4.78 is 5.95. The van der Waals surface area contributed by atoms with Crippen LogP contribution in [0.1, 0.15) is 28.8 Å². The van der Waals surface area contributed by atoms with Gasteiger partial charge in [0, 0.05) is 34.8 Å². The lowest BCUT2D eigenvalue weighted by Crippen LogP contribution is -2.23. The van der Waals surface area contributed by atoms with Crippen LogP contribution in [0.5, 0.6) is 0 Å². The van der Waals surface area contributed by atoms with Crippen LogP contribution in [0.4, 0.5) is 5.69 Å². The molecule has 2 aromatic carbocycles. The van der Waals surface area contributed by atoms with E-state index in [0.717, 1.165) is 22.1 Å². The quantitative estimate of drug-likeness (QED) is 0.396. The monoisotopic (exact) mass is 427 g/mol. The van der Waals surface area contributed by atoms with Gasteiger partial charge in [0.2, 0.25) is 5.91 Å². The van der Waals surface area contributed by atoms with Crippen molar-refractivity contribution in [2.75, 3.05) is 18.1 Å². The summed E-state index contributed by atoms with van der Waals surface area (Å²) in [6, 6.07) is 14.2. The smallest absolute Gasteiger partial charge is 0.331 e. The number of halogens is 1. The predicted molar refractivity (Wildman–Crippen MR) is 106 cm³/mol. The van der Waals surface area contributed by atoms with Crippen molar-refractivity contribution in [3.8, 4) is 0 Å². The summed E-state index contributed by atoms with van der Waals surface area (Å²) in [5, 5.41) is 0. The fourth-order valence-electron chi connectivity index (χ4n) is 2.75. The standard InChI is InChI=1S/C21H18BrNO4/c22-17-8-3-15(4-9-17)5-12-21(26)27-14-19(24)16-6-10-18(11-7-16)23-13-1-2-20(23)25/h3-12H,1-2,13-14H2/b12-5+. The number of hydrogen-bond acceptors (Lipinski definition) is 4. The summed E-state index contributed by atoms with van der Waals surface area (Å²) in [5.74, 6) is -0.772. The molecule has 0 aliphatic carbocycles. The fourth-order valence-corrected chi connectivity index (χ4v) is 3.02. The molecule has 5 nitrogen and oxygen atoms in total. The molecule has 0 saturated carbocycles. The van der Waals surface area contributed by atoms with Gasteiger partial charge in [-0.25, -0.2) is 4.79 Å². The van der Waals surface area contributed by atoms with Crippen molar-refractivity contribution in [3.63, 3.8) is 0 Å². The van der Waals surface area contributed by atoms with Gasteiger partial charge in [-0.15, -0.1) is 0 Å². The third-order valence-corrected chi connectivity index (χ3v) is 4.73. The van der Waals surface area contributed by atoms with Gasteiger partial charge < -0.3 is 9.64 Å². The van der Waals surface area contributed by atoms with Crippen LogP contribution >= 0.6 is 15.9 Å². The molecular formula is C21H18BrNO4. The van der Waals surface area contributed by atoms with Gasteiger partial charge in [0.05, 0.1) is 0 Å². The van der Waals surface area contributed by atoms with Gasteiger partial charge in [0.1, 0.15) is 0 Å². The van der Waals surface area contributed by atoms with Crippen molar-refractivity contribution in [2.24, 2.45) is 0 Å². The Morgan fingerprint density at radius 1 is 1.07 bits per heavy atom. The highest BCUT2D eigenvalue weighted by Crippen LogP contribution is 2.21. The molecule has 138 valence electrons. The number of Topliss-reactive ketones (excluding diaryl/α,β-unsaturated/α-hetero) is 1. The van der Waals surface area contributed by atoms with E-state index < -0.39 is 5.97 Å². The number of ether oxygens (including phenoxy) is 1. The number of hydrogen-bond donors (Lipinski definition) is 0. The molecular weight excluding hydrogens is 410 g/mol. The van der Waals surface area contributed by atoms with E-state index in [0.29, 0.717) is 18.5 Å². The first kappa shape index (κ1) is 19.0. The molecule has 0 unspecified atom stereocenters. The molecule has 1 aliphatic heterocycles. The lowest BCUT2D eigenvalue weighted by Gasteiger charge is -2.15.